The first-order valence-electron chi connectivity index (χ1n) is 7.99. The topological polar surface area (TPSA) is 143 Å². The number of hydrogen-bond donors (Lipinski definition) is 4. The first kappa shape index (κ1) is 17.7. The zero-order chi connectivity index (χ0) is 18.5. The van der Waals surface area contributed by atoms with Crippen LogP contribution in [0.2, 0.25) is 0 Å². The number of anilines is 3. The molecule has 0 radical (unpaired) electrons. The van der Waals surface area contributed by atoms with E-state index >= 15 is 0 Å². The van der Waals surface area contributed by atoms with Gasteiger partial charge in [-0.3, -0.25) is 14.7 Å². The molecule has 1 aliphatic heterocycles. The fourth-order valence-electron chi connectivity index (χ4n) is 2.43. The summed E-state index contributed by atoms with van der Waals surface area (Å²) in [5.41, 5.74) is 5.74. The van der Waals surface area contributed by atoms with Gasteiger partial charge in [0.25, 0.3) is 12.0 Å². The lowest BCUT2D eigenvalue weighted by molar-refractivity contribution is -0.111. The van der Waals surface area contributed by atoms with Crippen LogP contribution in [0.3, 0.4) is 0 Å². The second-order valence-electron chi connectivity index (χ2n) is 5.48. The molecule has 0 fully saturated rings. The standard InChI is InChI=1S/C16H19N5O5/c17-15-19-12-11(13(23)20-15)18-9-21(12)16(25-8-4-7-22)26-14(24)10-5-2-1-3-6-10/h1-3,5-6,16,18,22H,4,7-9H2,(H3,17,19,20,23). The Morgan fingerprint density at radius 1 is 1.38 bits per heavy atom. The molecule has 1 unspecified atom stereocenters. The normalized spacial score (nSPS) is 13.8. The third-order valence-electron chi connectivity index (χ3n) is 3.65. The SMILES string of the molecule is Nc1nc2c(c(=O)[nH]1)NCN2C(OCCCO)OC(=O)c1ccccc1. The highest BCUT2D eigenvalue weighted by Gasteiger charge is 2.33. The van der Waals surface area contributed by atoms with Crippen molar-refractivity contribution in [3.05, 3.63) is 46.2 Å². The van der Waals surface area contributed by atoms with Crippen LogP contribution >= 0.6 is 0 Å². The summed E-state index contributed by atoms with van der Waals surface area (Å²) < 4.78 is 11.0. The number of H-pyrrole nitrogens is 1. The van der Waals surface area contributed by atoms with Gasteiger partial charge in [-0.2, -0.15) is 4.98 Å². The lowest BCUT2D eigenvalue weighted by Crippen LogP contribution is -2.41. The van der Waals surface area contributed by atoms with Crippen LogP contribution in [0, 0.1) is 0 Å². The van der Waals surface area contributed by atoms with Crippen LogP contribution < -0.4 is 21.5 Å². The molecule has 10 nitrogen and oxygen atoms in total. The fraction of sp³-hybridized carbons (Fsp3) is 0.312. The Bertz CT molecular complexity index is 826. The van der Waals surface area contributed by atoms with E-state index in [9.17, 15) is 9.59 Å². The fourth-order valence-corrected chi connectivity index (χ4v) is 2.43. The average molecular weight is 361 g/mol. The number of nitrogen functional groups attached to an aromatic ring is 1. The van der Waals surface area contributed by atoms with Crippen LogP contribution in [0.25, 0.3) is 0 Å². The van der Waals surface area contributed by atoms with Gasteiger partial charge in [0.2, 0.25) is 5.95 Å². The van der Waals surface area contributed by atoms with Crippen LogP contribution in [0.5, 0.6) is 0 Å². The van der Waals surface area contributed by atoms with Crippen molar-refractivity contribution in [2.24, 2.45) is 0 Å². The van der Waals surface area contributed by atoms with Crippen molar-refractivity contribution in [1.82, 2.24) is 9.97 Å². The first-order valence-corrected chi connectivity index (χ1v) is 7.99. The smallest absolute Gasteiger partial charge is 0.341 e. The quantitative estimate of drug-likeness (QED) is 0.306. The van der Waals surface area contributed by atoms with Gasteiger partial charge >= 0.3 is 5.97 Å². The van der Waals surface area contributed by atoms with Crippen molar-refractivity contribution < 1.29 is 19.4 Å². The van der Waals surface area contributed by atoms with Gasteiger partial charge in [0.05, 0.1) is 18.8 Å². The summed E-state index contributed by atoms with van der Waals surface area (Å²) in [6.07, 6.45) is -0.782. The van der Waals surface area contributed by atoms with Crippen molar-refractivity contribution in [1.29, 1.82) is 0 Å². The number of carbonyl (C=O) groups is 1. The van der Waals surface area contributed by atoms with Gasteiger partial charge in [-0.25, -0.2) is 4.79 Å². The third kappa shape index (κ3) is 3.76. The summed E-state index contributed by atoms with van der Waals surface area (Å²) in [7, 11) is 0. The van der Waals surface area contributed by atoms with Gasteiger partial charge < -0.3 is 25.6 Å². The minimum atomic E-state index is -1.14. The van der Waals surface area contributed by atoms with Gasteiger partial charge in [0.1, 0.15) is 5.69 Å². The van der Waals surface area contributed by atoms with Crippen molar-refractivity contribution in [2.75, 3.05) is 35.8 Å². The number of fused-ring (bicyclic) bond motifs is 1. The highest BCUT2D eigenvalue weighted by molar-refractivity contribution is 5.89. The molecule has 1 aromatic heterocycles. The molecular weight excluding hydrogens is 342 g/mol. The molecule has 1 aromatic carbocycles. The Morgan fingerprint density at radius 3 is 2.88 bits per heavy atom. The minimum absolute atomic E-state index is 0.0639. The summed E-state index contributed by atoms with van der Waals surface area (Å²) in [4.78, 5) is 32.3. The average Bonchev–Trinajstić information content (AvgIpc) is 3.05. The molecule has 0 bridgehead atoms. The summed E-state index contributed by atoms with van der Waals surface area (Å²) in [5, 5.41) is 11.8. The van der Waals surface area contributed by atoms with E-state index in [0.29, 0.717) is 12.0 Å². The lowest BCUT2D eigenvalue weighted by atomic mass is 10.2. The number of esters is 1. The van der Waals surface area contributed by atoms with E-state index in [1.807, 2.05) is 0 Å². The second-order valence-corrected chi connectivity index (χ2v) is 5.48. The van der Waals surface area contributed by atoms with E-state index in [0.717, 1.165) is 0 Å². The number of ether oxygens (including phenoxy) is 2. The number of aliphatic hydroxyl groups excluding tert-OH is 1. The van der Waals surface area contributed by atoms with Crippen LogP contribution in [0.4, 0.5) is 17.5 Å². The van der Waals surface area contributed by atoms with Crippen LogP contribution in [0.15, 0.2) is 35.1 Å². The monoisotopic (exact) mass is 361 g/mol. The van der Waals surface area contributed by atoms with E-state index < -0.39 is 17.9 Å². The zero-order valence-electron chi connectivity index (χ0n) is 13.8. The maximum atomic E-state index is 12.4. The van der Waals surface area contributed by atoms with Crippen LogP contribution in [0.1, 0.15) is 16.8 Å². The third-order valence-corrected chi connectivity index (χ3v) is 3.65. The highest BCUT2D eigenvalue weighted by atomic mass is 16.7. The maximum Gasteiger partial charge on any atom is 0.341 e. The first-order chi connectivity index (χ1) is 12.6. The molecule has 2 aromatic rings. The molecule has 1 atom stereocenters. The van der Waals surface area contributed by atoms with Crippen LogP contribution in [-0.2, 0) is 9.47 Å². The molecule has 0 aliphatic carbocycles. The summed E-state index contributed by atoms with van der Waals surface area (Å²) in [6, 6.07) is 8.44. The number of carbonyl (C=O) groups excluding carboxylic acids is 1. The van der Waals surface area contributed by atoms with Crippen molar-refractivity contribution in [3.8, 4) is 0 Å². The Labute approximate surface area is 148 Å². The van der Waals surface area contributed by atoms with Gasteiger partial charge in [-0.05, 0) is 18.6 Å². The second kappa shape index (κ2) is 7.85. The zero-order valence-corrected chi connectivity index (χ0v) is 13.8. The summed E-state index contributed by atoms with van der Waals surface area (Å²) in [6.45, 7) is 0.216. The van der Waals surface area contributed by atoms with Gasteiger partial charge in [-0.1, -0.05) is 18.2 Å². The molecule has 5 N–H and O–H groups in total. The number of nitrogens with one attached hydrogen (secondary N) is 2. The largest absolute Gasteiger partial charge is 0.412 e. The molecule has 0 saturated carbocycles. The lowest BCUT2D eigenvalue weighted by Gasteiger charge is -2.27. The van der Waals surface area contributed by atoms with Crippen LogP contribution in [-0.4, -0.2) is 47.3 Å². The minimum Gasteiger partial charge on any atom is -0.412 e. The molecule has 2 heterocycles. The molecule has 0 amide bonds. The number of aliphatic hydroxyl groups is 1. The van der Waals surface area contributed by atoms with E-state index in [1.165, 1.54) is 4.90 Å². The van der Waals surface area contributed by atoms with Gasteiger partial charge in [0, 0.05) is 6.61 Å². The summed E-state index contributed by atoms with van der Waals surface area (Å²) in [5.74, 6) is -0.432. The summed E-state index contributed by atoms with van der Waals surface area (Å²) >= 11 is 0. The molecule has 26 heavy (non-hydrogen) atoms. The van der Waals surface area contributed by atoms with E-state index in [1.54, 1.807) is 30.3 Å². The molecule has 3 rings (SSSR count). The van der Waals surface area contributed by atoms with E-state index in [4.69, 9.17) is 20.3 Å². The highest BCUT2D eigenvalue weighted by Crippen LogP contribution is 2.28. The number of hydrogen-bond acceptors (Lipinski definition) is 9. The number of nitrogens with two attached hydrogens (primary N) is 1. The number of rotatable bonds is 7. The molecular formula is C16H19N5O5. The molecule has 0 spiro atoms. The number of aromatic nitrogens is 2. The van der Waals surface area contributed by atoms with E-state index in [-0.39, 0.29) is 37.3 Å². The van der Waals surface area contributed by atoms with Crippen molar-refractivity contribution in [3.63, 3.8) is 0 Å². The van der Waals surface area contributed by atoms with E-state index in [2.05, 4.69) is 15.3 Å². The molecule has 1 aliphatic rings. The molecule has 10 heteroatoms. The number of benzene rings is 1. The molecule has 0 saturated heterocycles. The predicted molar refractivity (Wildman–Crippen MR) is 93.5 cm³/mol. The maximum absolute atomic E-state index is 12.4. The Morgan fingerprint density at radius 2 is 2.15 bits per heavy atom. The number of aromatic amines is 1. The van der Waals surface area contributed by atoms with Crippen molar-refractivity contribution >= 4 is 23.4 Å². The van der Waals surface area contributed by atoms with Gasteiger partial charge in [-0.15, -0.1) is 0 Å². The molecule has 138 valence electrons. The predicted octanol–water partition coefficient (Wildman–Crippen LogP) is 0.0811. The van der Waals surface area contributed by atoms with Gasteiger partial charge in [0.15, 0.2) is 5.82 Å². The van der Waals surface area contributed by atoms with Crippen molar-refractivity contribution in [2.45, 2.75) is 12.8 Å². The number of nitrogens with zero attached hydrogens (tertiary/aromatic N) is 2. The Hall–Kier alpha value is -3.11. The Kier molecular flexibility index (Phi) is 5.34. The Balaban J connectivity index is 1.84.